The monoisotopic (exact) mass is 277 g/mol. The van der Waals surface area contributed by atoms with Crippen LogP contribution in [0.15, 0.2) is 22.7 Å². The number of nitrogens with two attached hydrogens (primary N) is 1. The minimum absolute atomic E-state index is 0.559. The average Bonchev–Trinajstić information content (AvgIpc) is 2.81. The van der Waals surface area contributed by atoms with Crippen LogP contribution in [0.4, 0.5) is 5.69 Å². The van der Waals surface area contributed by atoms with Gasteiger partial charge in [-0.3, -0.25) is 0 Å². The zero-order valence-corrected chi connectivity index (χ0v) is 12.3. The molecule has 0 fully saturated rings. The first-order valence-electron chi connectivity index (χ1n) is 6.33. The van der Waals surface area contributed by atoms with E-state index in [4.69, 9.17) is 10.3 Å². The quantitative estimate of drug-likeness (QED) is 0.847. The van der Waals surface area contributed by atoms with Crippen molar-refractivity contribution in [1.82, 2.24) is 10.1 Å². The number of nitrogen functional groups attached to an aromatic ring is 1. The minimum atomic E-state index is 0.559. The molecule has 0 atom stereocenters. The molecule has 0 bridgehead atoms. The number of nitrogens with zero attached hydrogens (tertiary/aromatic N) is 2. The molecule has 19 heavy (non-hydrogen) atoms. The number of hydrogen-bond donors (Lipinski definition) is 1. The number of benzene rings is 1. The van der Waals surface area contributed by atoms with Gasteiger partial charge in [-0.05, 0) is 42.4 Å². The second kappa shape index (κ2) is 6.10. The second-order valence-corrected chi connectivity index (χ2v) is 6.03. The predicted octanol–water partition coefficient (Wildman–Crippen LogP) is 3.52. The van der Waals surface area contributed by atoms with E-state index in [0.29, 0.717) is 11.8 Å². The Morgan fingerprint density at radius 3 is 2.84 bits per heavy atom. The molecule has 2 N–H and O–H groups in total. The Bertz CT molecular complexity index is 551. The van der Waals surface area contributed by atoms with Crippen molar-refractivity contribution >= 4 is 17.4 Å². The van der Waals surface area contributed by atoms with Crippen molar-refractivity contribution in [1.29, 1.82) is 0 Å². The lowest BCUT2D eigenvalue weighted by molar-refractivity contribution is 0.425. The maximum absolute atomic E-state index is 5.80. The summed E-state index contributed by atoms with van der Waals surface area (Å²) in [6, 6.07) is 5.73. The summed E-state index contributed by atoms with van der Waals surface area (Å²) in [4.78, 5) is 4.41. The normalized spacial score (nSPS) is 11.2. The Labute approximate surface area is 117 Å². The lowest BCUT2D eigenvalue weighted by Crippen LogP contribution is -1.93. The van der Waals surface area contributed by atoms with Gasteiger partial charge in [-0.15, -0.1) is 0 Å². The SMILES string of the molecule is Cc1cc(-c2nc(CSCC(C)C)no2)ccc1N. The van der Waals surface area contributed by atoms with Crippen LogP contribution in [0, 0.1) is 12.8 Å². The molecule has 5 heteroatoms. The molecule has 1 aromatic heterocycles. The Kier molecular flexibility index (Phi) is 4.47. The summed E-state index contributed by atoms with van der Waals surface area (Å²) in [6.45, 7) is 6.37. The standard InChI is InChI=1S/C14H19N3OS/c1-9(2)7-19-8-13-16-14(18-17-13)11-4-5-12(15)10(3)6-11/h4-6,9H,7-8,15H2,1-3H3. The van der Waals surface area contributed by atoms with Gasteiger partial charge in [-0.1, -0.05) is 19.0 Å². The van der Waals surface area contributed by atoms with Crippen LogP contribution >= 0.6 is 11.8 Å². The topological polar surface area (TPSA) is 64.9 Å². The van der Waals surface area contributed by atoms with E-state index in [1.807, 2.05) is 36.9 Å². The number of aromatic nitrogens is 2. The van der Waals surface area contributed by atoms with E-state index in [1.54, 1.807) is 0 Å². The van der Waals surface area contributed by atoms with Gasteiger partial charge in [0.05, 0.1) is 5.75 Å². The van der Waals surface area contributed by atoms with E-state index in [2.05, 4.69) is 24.0 Å². The van der Waals surface area contributed by atoms with Crippen molar-refractivity contribution in [3.8, 4) is 11.5 Å². The summed E-state index contributed by atoms with van der Waals surface area (Å²) in [5.74, 6) is 3.87. The highest BCUT2D eigenvalue weighted by molar-refractivity contribution is 7.98. The molecule has 4 nitrogen and oxygen atoms in total. The van der Waals surface area contributed by atoms with Crippen LogP contribution in [0.3, 0.4) is 0 Å². The van der Waals surface area contributed by atoms with Crippen molar-refractivity contribution in [2.24, 2.45) is 5.92 Å². The summed E-state index contributed by atoms with van der Waals surface area (Å²) >= 11 is 1.82. The third kappa shape index (κ3) is 3.73. The first kappa shape index (κ1) is 13.9. The van der Waals surface area contributed by atoms with Crippen LogP contribution < -0.4 is 5.73 Å². The minimum Gasteiger partial charge on any atom is -0.399 e. The average molecular weight is 277 g/mol. The largest absolute Gasteiger partial charge is 0.399 e. The molecule has 2 aromatic rings. The molecule has 1 heterocycles. The van der Waals surface area contributed by atoms with Gasteiger partial charge in [0.2, 0.25) is 0 Å². The molecule has 2 rings (SSSR count). The summed E-state index contributed by atoms with van der Waals surface area (Å²) in [7, 11) is 0. The molecule has 0 saturated heterocycles. The third-order valence-corrected chi connectivity index (χ3v) is 4.03. The molecule has 0 amide bonds. The molecule has 0 radical (unpaired) electrons. The summed E-state index contributed by atoms with van der Waals surface area (Å²) in [6.07, 6.45) is 0. The van der Waals surface area contributed by atoms with Crippen molar-refractivity contribution < 1.29 is 4.52 Å². The van der Waals surface area contributed by atoms with Gasteiger partial charge in [0.1, 0.15) is 0 Å². The van der Waals surface area contributed by atoms with E-state index in [1.165, 1.54) is 0 Å². The first-order chi connectivity index (χ1) is 9.06. The number of hydrogen-bond acceptors (Lipinski definition) is 5. The maximum atomic E-state index is 5.80. The van der Waals surface area contributed by atoms with E-state index < -0.39 is 0 Å². The molecule has 0 aliphatic carbocycles. The fourth-order valence-electron chi connectivity index (χ4n) is 1.62. The predicted molar refractivity (Wildman–Crippen MR) is 79.9 cm³/mol. The van der Waals surface area contributed by atoms with E-state index in [0.717, 1.165) is 34.1 Å². The fourth-order valence-corrected chi connectivity index (χ4v) is 2.51. The molecule has 0 unspecified atom stereocenters. The maximum Gasteiger partial charge on any atom is 0.257 e. The van der Waals surface area contributed by atoms with Gasteiger partial charge < -0.3 is 10.3 Å². The van der Waals surface area contributed by atoms with E-state index >= 15 is 0 Å². The molecule has 0 aliphatic rings. The summed E-state index contributed by atoms with van der Waals surface area (Å²) < 4.78 is 5.29. The number of aryl methyl sites for hydroxylation is 1. The zero-order valence-electron chi connectivity index (χ0n) is 11.5. The highest BCUT2D eigenvalue weighted by Crippen LogP contribution is 2.23. The van der Waals surface area contributed by atoms with Crippen LogP contribution in [-0.4, -0.2) is 15.9 Å². The fraction of sp³-hybridized carbons (Fsp3) is 0.429. The van der Waals surface area contributed by atoms with Gasteiger partial charge in [-0.2, -0.15) is 16.7 Å². The summed E-state index contributed by atoms with van der Waals surface area (Å²) in [5, 5.41) is 4.00. The summed E-state index contributed by atoms with van der Waals surface area (Å²) in [5.41, 5.74) is 8.51. The van der Waals surface area contributed by atoms with Crippen LogP contribution in [0.2, 0.25) is 0 Å². The van der Waals surface area contributed by atoms with Crippen LogP contribution in [-0.2, 0) is 5.75 Å². The molecule has 0 saturated carbocycles. The lowest BCUT2D eigenvalue weighted by Gasteiger charge is -2.01. The molecule has 102 valence electrons. The molecular formula is C14H19N3OS. The highest BCUT2D eigenvalue weighted by Gasteiger charge is 2.10. The Morgan fingerprint density at radius 1 is 1.37 bits per heavy atom. The molecule has 0 aliphatic heterocycles. The Hall–Kier alpha value is -1.49. The number of thioether (sulfide) groups is 1. The Balaban J connectivity index is 2.05. The molecule has 0 spiro atoms. The van der Waals surface area contributed by atoms with Crippen molar-refractivity contribution in [3.63, 3.8) is 0 Å². The van der Waals surface area contributed by atoms with E-state index in [-0.39, 0.29) is 0 Å². The van der Waals surface area contributed by atoms with Crippen molar-refractivity contribution in [2.75, 3.05) is 11.5 Å². The van der Waals surface area contributed by atoms with Crippen LogP contribution in [0.25, 0.3) is 11.5 Å². The second-order valence-electron chi connectivity index (χ2n) is 5.00. The van der Waals surface area contributed by atoms with Crippen LogP contribution in [0.1, 0.15) is 25.2 Å². The zero-order chi connectivity index (χ0) is 13.8. The lowest BCUT2D eigenvalue weighted by atomic mass is 10.1. The number of anilines is 1. The third-order valence-electron chi connectivity index (χ3n) is 2.67. The number of rotatable bonds is 5. The van der Waals surface area contributed by atoms with Crippen molar-refractivity contribution in [3.05, 3.63) is 29.6 Å². The molecule has 1 aromatic carbocycles. The van der Waals surface area contributed by atoms with Gasteiger partial charge >= 0.3 is 0 Å². The van der Waals surface area contributed by atoms with Gasteiger partial charge in [0.25, 0.3) is 5.89 Å². The van der Waals surface area contributed by atoms with Gasteiger partial charge in [0.15, 0.2) is 5.82 Å². The highest BCUT2D eigenvalue weighted by atomic mass is 32.2. The van der Waals surface area contributed by atoms with Crippen molar-refractivity contribution in [2.45, 2.75) is 26.5 Å². The van der Waals surface area contributed by atoms with Gasteiger partial charge in [0, 0.05) is 11.3 Å². The van der Waals surface area contributed by atoms with Gasteiger partial charge in [-0.25, -0.2) is 0 Å². The van der Waals surface area contributed by atoms with Crippen LogP contribution in [0.5, 0.6) is 0 Å². The molecular weight excluding hydrogens is 258 g/mol. The van der Waals surface area contributed by atoms with E-state index in [9.17, 15) is 0 Å². The Morgan fingerprint density at radius 2 is 2.16 bits per heavy atom. The first-order valence-corrected chi connectivity index (χ1v) is 7.48. The smallest absolute Gasteiger partial charge is 0.257 e.